The highest BCUT2D eigenvalue weighted by atomic mass is 16.6. The van der Waals surface area contributed by atoms with E-state index in [1.54, 1.807) is 19.2 Å². The second-order valence-corrected chi connectivity index (χ2v) is 11.0. The van der Waals surface area contributed by atoms with Gasteiger partial charge in [-0.05, 0) is 74.3 Å². The number of fused-ring (bicyclic) bond motifs is 10. The zero-order valence-electron chi connectivity index (χ0n) is 23.4. The minimum absolute atomic E-state index is 0.0455. The monoisotopic (exact) mass is 558 g/mol. The summed E-state index contributed by atoms with van der Waals surface area (Å²) in [5.74, 6) is 0.837. The molecule has 0 saturated heterocycles. The molecule has 206 valence electrons. The molecule has 1 spiro atoms. The number of hydrogen-bond acceptors (Lipinski definition) is 4. The summed E-state index contributed by atoms with van der Waals surface area (Å²) in [5.41, 5.74) is 20.1. The topological polar surface area (TPSA) is 78.4 Å². The summed E-state index contributed by atoms with van der Waals surface area (Å²) in [4.78, 5) is 11.0. The molecule has 5 heteroatoms. The lowest BCUT2D eigenvalue weighted by atomic mass is 9.68. The van der Waals surface area contributed by atoms with Gasteiger partial charge in [-0.2, -0.15) is 0 Å². The Bertz CT molecular complexity index is 2100. The van der Waals surface area contributed by atoms with Crippen LogP contribution in [0.4, 0.5) is 11.4 Å². The molecule has 6 aromatic rings. The van der Waals surface area contributed by atoms with E-state index in [0.29, 0.717) is 5.69 Å². The SMILES string of the molecule is COc1cccc2c1-c1ccccc1C21c2ccccc2-c2cc(-c3ccc([N+](=O)[O-])cc3)c(N)c(-c3ccccc3)c21. The van der Waals surface area contributed by atoms with E-state index < -0.39 is 5.41 Å². The van der Waals surface area contributed by atoms with Crippen LogP contribution >= 0.6 is 0 Å². The van der Waals surface area contributed by atoms with Crippen molar-refractivity contribution in [2.45, 2.75) is 5.41 Å². The van der Waals surface area contributed by atoms with Gasteiger partial charge in [-0.15, -0.1) is 0 Å². The predicted octanol–water partition coefficient (Wildman–Crippen LogP) is 8.86. The smallest absolute Gasteiger partial charge is 0.269 e. The number of ether oxygens (including phenoxy) is 1. The zero-order valence-corrected chi connectivity index (χ0v) is 23.4. The number of nitrogen functional groups attached to an aromatic ring is 1. The summed E-state index contributed by atoms with van der Waals surface area (Å²) in [6.45, 7) is 0. The van der Waals surface area contributed by atoms with E-state index in [9.17, 15) is 10.1 Å². The number of hydrogen-bond donors (Lipinski definition) is 1. The predicted molar refractivity (Wildman–Crippen MR) is 171 cm³/mol. The third-order valence-electron chi connectivity index (χ3n) is 9.07. The van der Waals surface area contributed by atoms with E-state index in [2.05, 4.69) is 78.9 Å². The number of rotatable bonds is 4. The summed E-state index contributed by atoms with van der Waals surface area (Å²) < 4.78 is 5.96. The second-order valence-electron chi connectivity index (χ2n) is 11.0. The number of methoxy groups -OCH3 is 1. The first-order valence-electron chi connectivity index (χ1n) is 14.2. The summed E-state index contributed by atoms with van der Waals surface area (Å²) in [7, 11) is 1.73. The van der Waals surface area contributed by atoms with Crippen molar-refractivity contribution in [3.8, 4) is 50.3 Å². The molecule has 43 heavy (non-hydrogen) atoms. The van der Waals surface area contributed by atoms with Crippen LogP contribution in [-0.2, 0) is 5.41 Å². The molecule has 0 amide bonds. The molecule has 2 N–H and O–H groups in total. The van der Waals surface area contributed by atoms with Gasteiger partial charge in [-0.3, -0.25) is 10.1 Å². The number of nitrogens with two attached hydrogens (primary N) is 1. The maximum absolute atomic E-state index is 11.4. The molecule has 0 bridgehead atoms. The lowest BCUT2D eigenvalue weighted by molar-refractivity contribution is -0.384. The Morgan fingerprint density at radius 2 is 1.26 bits per heavy atom. The standard InChI is InChI=1S/C38H26N2O3/c1-43-33-17-9-16-32-35(33)27-13-6-8-15-31(27)38(32)30-14-7-5-12-26(30)29-22-28(23-18-20-25(21-19-23)40(41)42)37(39)34(36(29)38)24-10-3-2-4-11-24/h2-22H,39H2,1H3. The Kier molecular flexibility index (Phi) is 5.34. The Labute approximate surface area is 249 Å². The molecule has 0 fully saturated rings. The van der Waals surface area contributed by atoms with Crippen LogP contribution in [0.1, 0.15) is 22.3 Å². The van der Waals surface area contributed by atoms with Crippen molar-refractivity contribution in [1.29, 1.82) is 0 Å². The van der Waals surface area contributed by atoms with Crippen LogP contribution in [0.15, 0.2) is 127 Å². The van der Waals surface area contributed by atoms with Gasteiger partial charge in [-0.1, -0.05) is 91.0 Å². The molecule has 0 aromatic heterocycles. The van der Waals surface area contributed by atoms with Gasteiger partial charge in [0.1, 0.15) is 5.75 Å². The molecule has 6 aromatic carbocycles. The number of non-ortho nitro benzene ring substituents is 1. The molecule has 2 aliphatic rings. The number of anilines is 1. The van der Waals surface area contributed by atoms with Gasteiger partial charge < -0.3 is 10.5 Å². The minimum atomic E-state index is -0.625. The molecule has 5 nitrogen and oxygen atoms in total. The first kappa shape index (κ1) is 25.1. The quantitative estimate of drug-likeness (QED) is 0.133. The fourth-order valence-corrected chi connectivity index (χ4v) is 7.41. The fourth-order valence-electron chi connectivity index (χ4n) is 7.41. The molecule has 0 saturated carbocycles. The molecule has 0 heterocycles. The van der Waals surface area contributed by atoms with Crippen molar-refractivity contribution in [3.63, 3.8) is 0 Å². The average Bonchev–Trinajstić information content (AvgIpc) is 3.52. The van der Waals surface area contributed by atoms with E-state index in [1.165, 1.54) is 28.8 Å². The molecule has 8 rings (SSSR count). The first-order chi connectivity index (χ1) is 21.1. The Morgan fingerprint density at radius 1 is 0.628 bits per heavy atom. The summed E-state index contributed by atoms with van der Waals surface area (Å²) in [5, 5.41) is 11.4. The van der Waals surface area contributed by atoms with Crippen molar-refractivity contribution < 1.29 is 9.66 Å². The Morgan fingerprint density at radius 3 is 1.95 bits per heavy atom. The Hall–Kier alpha value is -5.68. The molecular formula is C38H26N2O3. The average molecular weight is 559 g/mol. The van der Waals surface area contributed by atoms with E-state index in [-0.39, 0.29) is 10.6 Å². The van der Waals surface area contributed by atoms with Crippen molar-refractivity contribution in [2.75, 3.05) is 12.8 Å². The van der Waals surface area contributed by atoms with Crippen molar-refractivity contribution >= 4 is 11.4 Å². The van der Waals surface area contributed by atoms with Crippen LogP contribution in [0, 0.1) is 10.1 Å². The van der Waals surface area contributed by atoms with Crippen LogP contribution in [0.3, 0.4) is 0 Å². The number of benzene rings is 6. The highest BCUT2D eigenvalue weighted by Crippen LogP contribution is 2.66. The largest absolute Gasteiger partial charge is 0.496 e. The van der Waals surface area contributed by atoms with Gasteiger partial charge in [0.25, 0.3) is 5.69 Å². The highest BCUT2D eigenvalue weighted by Gasteiger charge is 2.54. The van der Waals surface area contributed by atoms with E-state index in [1.807, 2.05) is 24.3 Å². The zero-order chi connectivity index (χ0) is 29.3. The van der Waals surface area contributed by atoms with Gasteiger partial charge in [0.2, 0.25) is 0 Å². The summed E-state index contributed by atoms with van der Waals surface area (Å²) in [6, 6.07) is 42.7. The van der Waals surface area contributed by atoms with Crippen LogP contribution in [0.2, 0.25) is 0 Å². The van der Waals surface area contributed by atoms with E-state index in [0.717, 1.165) is 55.8 Å². The van der Waals surface area contributed by atoms with Crippen molar-refractivity contribution in [1.82, 2.24) is 0 Å². The fraction of sp³-hybridized carbons (Fsp3) is 0.0526. The third-order valence-corrected chi connectivity index (χ3v) is 9.07. The molecule has 1 unspecified atom stereocenters. The first-order valence-corrected chi connectivity index (χ1v) is 14.2. The summed E-state index contributed by atoms with van der Waals surface area (Å²) >= 11 is 0. The summed E-state index contributed by atoms with van der Waals surface area (Å²) in [6.07, 6.45) is 0. The van der Waals surface area contributed by atoms with Crippen molar-refractivity contribution in [3.05, 3.63) is 160 Å². The normalized spacial score (nSPS) is 15.5. The molecule has 0 aliphatic heterocycles. The van der Waals surface area contributed by atoms with Crippen LogP contribution < -0.4 is 10.5 Å². The van der Waals surface area contributed by atoms with E-state index in [4.69, 9.17) is 10.5 Å². The van der Waals surface area contributed by atoms with Gasteiger partial charge in [0, 0.05) is 34.5 Å². The van der Waals surface area contributed by atoms with Crippen LogP contribution in [-0.4, -0.2) is 12.0 Å². The highest BCUT2D eigenvalue weighted by molar-refractivity contribution is 6.05. The molecular weight excluding hydrogens is 532 g/mol. The van der Waals surface area contributed by atoms with Crippen molar-refractivity contribution in [2.24, 2.45) is 0 Å². The van der Waals surface area contributed by atoms with Gasteiger partial charge >= 0.3 is 0 Å². The molecule has 2 aliphatic carbocycles. The van der Waals surface area contributed by atoms with Gasteiger partial charge in [0.15, 0.2) is 0 Å². The third kappa shape index (κ3) is 3.27. The maximum atomic E-state index is 11.4. The molecule has 0 radical (unpaired) electrons. The number of nitro groups is 1. The second kappa shape index (κ2) is 9.16. The lowest BCUT2D eigenvalue weighted by Gasteiger charge is -2.33. The van der Waals surface area contributed by atoms with E-state index >= 15 is 0 Å². The minimum Gasteiger partial charge on any atom is -0.496 e. The lowest BCUT2D eigenvalue weighted by Crippen LogP contribution is -2.27. The number of nitrogens with zero attached hydrogens (tertiary/aromatic N) is 1. The number of nitro benzene ring substituents is 1. The molecule has 1 atom stereocenters. The van der Waals surface area contributed by atoms with Gasteiger partial charge in [-0.25, -0.2) is 0 Å². The van der Waals surface area contributed by atoms with Crippen LogP contribution in [0.25, 0.3) is 44.5 Å². The van der Waals surface area contributed by atoms with Crippen LogP contribution in [0.5, 0.6) is 5.75 Å². The maximum Gasteiger partial charge on any atom is 0.269 e. The Balaban J connectivity index is 1.56. The van der Waals surface area contributed by atoms with Gasteiger partial charge in [0.05, 0.1) is 17.4 Å².